The van der Waals surface area contributed by atoms with E-state index in [0.717, 1.165) is 23.4 Å². The molecule has 3 aromatic rings. The van der Waals surface area contributed by atoms with Crippen LogP contribution in [0.3, 0.4) is 0 Å². The topological polar surface area (TPSA) is 75.4 Å². The lowest BCUT2D eigenvalue weighted by Gasteiger charge is -2.25. The summed E-state index contributed by atoms with van der Waals surface area (Å²) in [5.74, 6) is 0.543. The van der Waals surface area contributed by atoms with Crippen LogP contribution in [0.5, 0.6) is 0 Å². The SMILES string of the molecule is Cc1sc(-c2ccco2)nc1C(=O)NC(CN1CCCC1=O)c1ccccc1. The number of aromatic nitrogens is 1. The third-order valence-electron chi connectivity index (χ3n) is 4.83. The molecule has 0 saturated carbocycles. The van der Waals surface area contributed by atoms with Crippen molar-refractivity contribution in [3.8, 4) is 10.8 Å². The number of hydrogen-bond acceptors (Lipinski definition) is 5. The Hall–Kier alpha value is -2.93. The minimum Gasteiger partial charge on any atom is -0.462 e. The number of likely N-dealkylation sites (tertiary alicyclic amines) is 1. The second-order valence-electron chi connectivity index (χ2n) is 6.78. The highest BCUT2D eigenvalue weighted by Crippen LogP contribution is 2.28. The number of carbonyl (C=O) groups is 2. The smallest absolute Gasteiger partial charge is 0.271 e. The number of nitrogens with one attached hydrogen (secondary N) is 1. The van der Waals surface area contributed by atoms with E-state index in [-0.39, 0.29) is 17.9 Å². The van der Waals surface area contributed by atoms with Crippen LogP contribution in [0.25, 0.3) is 10.8 Å². The Labute approximate surface area is 167 Å². The van der Waals surface area contributed by atoms with E-state index in [4.69, 9.17) is 4.42 Å². The van der Waals surface area contributed by atoms with Crippen LogP contribution in [0.15, 0.2) is 53.1 Å². The summed E-state index contributed by atoms with van der Waals surface area (Å²) in [5.41, 5.74) is 1.36. The lowest BCUT2D eigenvalue weighted by atomic mass is 10.1. The summed E-state index contributed by atoms with van der Waals surface area (Å²) in [6.45, 7) is 3.07. The number of hydrogen-bond donors (Lipinski definition) is 1. The van der Waals surface area contributed by atoms with Gasteiger partial charge in [0.05, 0.1) is 12.3 Å². The number of furan rings is 1. The number of aryl methyl sites for hydroxylation is 1. The molecule has 1 aliphatic heterocycles. The van der Waals surface area contributed by atoms with E-state index in [1.807, 2.05) is 48.2 Å². The van der Waals surface area contributed by atoms with Crippen LogP contribution in [-0.4, -0.2) is 34.8 Å². The zero-order chi connectivity index (χ0) is 19.5. The molecule has 0 spiro atoms. The molecule has 1 fully saturated rings. The van der Waals surface area contributed by atoms with E-state index in [9.17, 15) is 9.59 Å². The summed E-state index contributed by atoms with van der Waals surface area (Å²) in [6, 6.07) is 13.1. The highest BCUT2D eigenvalue weighted by atomic mass is 32.1. The van der Waals surface area contributed by atoms with E-state index in [1.54, 1.807) is 12.3 Å². The lowest BCUT2D eigenvalue weighted by molar-refractivity contribution is -0.128. The largest absolute Gasteiger partial charge is 0.462 e. The molecular formula is C21H21N3O3S. The average molecular weight is 395 g/mol. The van der Waals surface area contributed by atoms with Gasteiger partial charge in [-0.3, -0.25) is 9.59 Å². The number of nitrogens with zero attached hydrogens (tertiary/aromatic N) is 2. The van der Waals surface area contributed by atoms with Gasteiger partial charge in [0, 0.05) is 24.4 Å². The van der Waals surface area contributed by atoms with Crippen molar-refractivity contribution in [1.82, 2.24) is 15.2 Å². The van der Waals surface area contributed by atoms with Gasteiger partial charge < -0.3 is 14.6 Å². The van der Waals surface area contributed by atoms with Gasteiger partial charge in [-0.05, 0) is 31.0 Å². The minimum atomic E-state index is -0.288. The third-order valence-corrected chi connectivity index (χ3v) is 5.81. The first-order valence-corrected chi connectivity index (χ1v) is 10.1. The lowest BCUT2D eigenvalue weighted by Crippen LogP contribution is -2.38. The van der Waals surface area contributed by atoms with Gasteiger partial charge in [-0.25, -0.2) is 4.98 Å². The van der Waals surface area contributed by atoms with Gasteiger partial charge in [-0.1, -0.05) is 30.3 Å². The molecular weight excluding hydrogens is 374 g/mol. The highest BCUT2D eigenvalue weighted by molar-refractivity contribution is 7.15. The van der Waals surface area contributed by atoms with Crippen LogP contribution in [0, 0.1) is 6.92 Å². The van der Waals surface area contributed by atoms with Gasteiger partial charge in [0.15, 0.2) is 10.8 Å². The fraction of sp³-hybridized carbons (Fsp3) is 0.286. The number of thiazole rings is 1. The highest BCUT2D eigenvalue weighted by Gasteiger charge is 2.27. The zero-order valence-corrected chi connectivity index (χ0v) is 16.4. The van der Waals surface area contributed by atoms with E-state index < -0.39 is 0 Å². The van der Waals surface area contributed by atoms with Crippen molar-refractivity contribution in [2.75, 3.05) is 13.1 Å². The number of carbonyl (C=O) groups excluding carboxylic acids is 2. The maximum Gasteiger partial charge on any atom is 0.271 e. The molecule has 1 saturated heterocycles. The van der Waals surface area contributed by atoms with Crippen molar-refractivity contribution in [3.63, 3.8) is 0 Å². The first-order chi connectivity index (χ1) is 13.6. The quantitative estimate of drug-likeness (QED) is 0.689. The molecule has 1 aliphatic rings. The standard InChI is InChI=1S/C21H21N3O3S/c1-14-19(23-21(28-14)17-9-6-12-27-17)20(26)22-16(15-7-3-2-4-8-15)13-24-11-5-10-18(24)25/h2-4,6-9,12,16H,5,10-11,13H2,1H3,(H,22,26). The maximum absolute atomic E-state index is 13.0. The van der Waals surface area contributed by atoms with Crippen LogP contribution >= 0.6 is 11.3 Å². The molecule has 1 N–H and O–H groups in total. The van der Waals surface area contributed by atoms with E-state index >= 15 is 0 Å². The van der Waals surface area contributed by atoms with Crippen molar-refractivity contribution >= 4 is 23.2 Å². The first kappa shape index (κ1) is 18.4. The van der Waals surface area contributed by atoms with Gasteiger partial charge in [0.2, 0.25) is 5.91 Å². The van der Waals surface area contributed by atoms with Gasteiger partial charge in [0.1, 0.15) is 5.69 Å². The van der Waals surface area contributed by atoms with Crippen molar-refractivity contribution < 1.29 is 14.0 Å². The number of rotatable bonds is 6. The first-order valence-electron chi connectivity index (χ1n) is 9.26. The van der Waals surface area contributed by atoms with Crippen LogP contribution in [-0.2, 0) is 4.79 Å². The maximum atomic E-state index is 13.0. The third kappa shape index (κ3) is 3.84. The fourth-order valence-corrected chi connectivity index (χ4v) is 4.26. The predicted octanol–water partition coefficient (Wildman–Crippen LogP) is 3.81. The van der Waals surface area contributed by atoms with Crippen molar-refractivity contribution in [1.29, 1.82) is 0 Å². The molecule has 0 radical (unpaired) electrons. The van der Waals surface area contributed by atoms with Crippen LogP contribution in [0.4, 0.5) is 0 Å². The molecule has 2 amide bonds. The molecule has 28 heavy (non-hydrogen) atoms. The van der Waals surface area contributed by atoms with Gasteiger partial charge in [-0.2, -0.15) is 0 Å². The Morgan fingerprint density at radius 2 is 2.11 bits per heavy atom. The van der Waals surface area contributed by atoms with Crippen molar-refractivity contribution in [3.05, 3.63) is 64.9 Å². The van der Waals surface area contributed by atoms with Crippen LogP contribution in [0.1, 0.15) is 39.8 Å². The van der Waals surface area contributed by atoms with Crippen molar-refractivity contribution in [2.45, 2.75) is 25.8 Å². The van der Waals surface area contributed by atoms with Gasteiger partial charge in [-0.15, -0.1) is 11.3 Å². The van der Waals surface area contributed by atoms with Crippen LogP contribution < -0.4 is 5.32 Å². The molecule has 144 valence electrons. The fourth-order valence-electron chi connectivity index (χ4n) is 3.38. The van der Waals surface area contributed by atoms with Crippen molar-refractivity contribution in [2.24, 2.45) is 0 Å². The summed E-state index contributed by atoms with van der Waals surface area (Å²) in [6.07, 6.45) is 3.03. The predicted molar refractivity (Wildman–Crippen MR) is 107 cm³/mol. The average Bonchev–Trinajstić information content (AvgIpc) is 3.44. The number of benzene rings is 1. The van der Waals surface area contributed by atoms with Gasteiger partial charge in [0.25, 0.3) is 5.91 Å². The van der Waals surface area contributed by atoms with Crippen LogP contribution in [0.2, 0.25) is 0 Å². The van der Waals surface area contributed by atoms with Gasteiger partial charge >= 0.3 is 0 Å². The summed E-state index contributed by atoms with van der Waals surface area (Å²) in [4.78, 5) is 32.2. The second-order valence-corrected chi connectivity index (χ2v) is 7.98. The molecule has 1 aromatic carbocycles. The summed E-state index contributed by atoms with van der Waals surface area (Å²) in [7, 11) is 0. The Kier molecular flexibility index (Phi) is 5.25. The Morgan fingerprint density at radius 3 is 2.79 bits per heavy atom. The summed E-state index contributed by atoms with van der Waals surface area (Å²) < 4.78 is 5.39. The molecule has 7 heteroatoms. The molecule has 6 nitrogen and oxygen atoms in total. The monoisotopic (exact) mass is 395 g/mol. The van der Waals surface area contributed by atoms with E-state index in [1.165, 1.54) is 11.3 Å². The van der Waals surface area contributed by atoms with E-state index in [0.29, 0.717) is 29.4 Å². The minimum absolute atomic E-state index is 0.139. The summed E-state index contributed by atoms with van der Waals surface area (Å²) >= 11 is 1.43. The Bertz CT molecular complexity index is 966. The normalized spacial score (nSPS) is 15.0. The molecule has 1 unspecified atom stereocenters. The molecule has 1 atom stereocenters. The summed E-state index contributed by atoms with van der Waals surface area (Å²) in [5, 5.41) is 3.76. The number of amides is 2. The molecule has 3 heterocycles. The molecule has 0 bridgehead atoms. The molecule has 0 aliphatic carbocycles. The Balaban J connectivity index is 1.56. The van der Waals surface area contributed by atoms with E-state index in [2.05, 4.69) is 10.3 Å². The molecule has 2 aromatic heterocycles. The Morgan fingerprint density at radius 1 is 1.29 bits per heavy atom. The zero-order valence-electron chi connectivity index (χ0n) is 15.6. The second kappa shape index (κ2) is 7.98. The molecule has 4 rings (SSSR count).